The molecule has 0 spiro atoms. The fraction of sp³-hybridized carbons (Fsp3) is 0.630. The molecular weight excluding hydrogens is 514 g/mol. The number of aliphatic hydroxyl groups is 2. The van der Waals surface area contributed by atoms with Crippen molar-refractivity contribution in [3.63, 3.8) is 0 Å². The molecule has 188 valence electrons. The summed E-state index contributed by atoms with van der Waals surface area (Å²) < 4.78 is 6.30. The zero-order chi connectivity index (χ0) is 24.8. The summed E-state index contributed by atoms with van der Waals surface area (Å²) in [5.74, 6) is 0.748. The first-order valence-corrected chi connectivity index (χ1v) is 13.4. The second kappa shape index (κ2) is 7.96. The molecule has 7 nitrogen and oxygen atoms in total. The predicted molar refractivity (Wildman–Crippen MR) is 130 cm³/mol. The van der Waals surface area contributed by atoms with Crippen LogP contribution in [0.4, 0.5) is 0 Å². The van der Waals surface area contributed by atoms with Crippen molar-refractivity contribution >= 4 is 27.5 Å². The van der Waals surface area contributed by atoms with Gasteiger partial charge in [-0.15, -0.1) is 0 Å². The van der Waals surface area contributed by atoms with Crippen molar-refractivity contribution in [3.05, 3.63) is 46.4 Å². The molecule has 2 heterocycles. The van der Waals surface area contributed by atoms with Gasteiger partial charge in [-0.3, -0.25) is 14.4 Å². The summed E-state index contributed by atoms with van der Waals surface area (Å²) in [6.07, 6.45) is 7.68. The number of rotatable bonds is 4. The third-order valence-corrected chi connectivity index (χ3v) is 10.5. The van der Waals surface area contributed by atoms with Gasteiger partial charge in [0.15, 0.2) is 21.8 Å². The van der Waals surface area contributed by atoms with Crippen LogP contribution in [0.1, 0.15) is 45.3 Å². The molecule has 4 aliphatic carbocycles. The first kappa shape index (κ1) is 23.8. The molecule has 1 saturated heterocycles. The lowest BCUT2D eigenvalue weighted by atomic mass is 9.46. The van der Waals surface area contributed by atoms with Gasteiger partial charge in [0, 0.05) is 29.2 Å². The van der Waals surface area contributed by atoms with Crippen molar-refractivity contribution in [3.8, 4) is 0 Å². The number of aliphatic hydroxyl groups excluding tert-OH is 2. The van der Waals surface area contributed by atoms with E-state index in [1.54, 1.807) is 17.2 Å². The van der Waals surface area contributed by atoms with E-state index in [0.717, 1.165) is 30.6 Å². The summed E-state index contributed by atoms with van der Waals surface area (Å²) >= 11 is 3.33. The maximum atomic E-state index is 13.5. The first-order valence-electron chi connectivity index (χ1n) is 12.6. The highest BCUT2D eigenvalue weighted by atomic mass is 79.9. The average molecular weight is 546 g/mol. The van der Waals surface area contributed by atoms with Crippen molar-refractivity contribution in [1.29, 1.82) is 0 Å². The Kier molecular flexibility index (Phi) is 5.41. The summed E-state index contributed by atoms with van der Waals surface area (Å²) in [6.45, 7) is 4.63. The van der Waals surface area contributed by atoms with Crippen LogP contribution >= 0.6 is 15.9 Å². The number of Topliss-reactive ketones (excluding diaryl/α,β-unsaturated/α-hetero) is 1. The summed E-state index contributed by atoms with van der Waals surface area (Å²) in [6, 6.07) is 3.70. The van der Waals surface area contributed by atoms with E-state index in [4.69, 9.17) is 9.25 Å². The molecule has 0 radical (unpaired) electrons. The van der Waals surface area contributed by atoms with Gasteiger partial charge in [0.2, 0.25) is 0 Å². The Balaban J connectivity index is 1.36. The minimum Gasteiger partial charge on any atom is -0.453 e. The maximum absolute atomic E-state index is 13.5. The molecule has 8 atom stereocenters. The normalized spacial score (nSPS) is 44.4. The quantitative estimate of drug-likeness (QED) is 0.596. The number of carbonyl (C=O) groups is 2. The Bertz CT molecular complexity index is 1140. The largest absolute Gasteiger partial charge is 0.453 e. The van der Waals surface area contributed by atoms with Crippen LogP contribution in [0.2, 0.25) is 0 Å². The summed E-state index contributed by atoms with van der Waals surface area (Å²) in [5, 5.41) is 23.5. The van der Waals surface area contributed by atoms with Gasteiger partial charge in [0.05, 0.1) is 12.6 Å². The van der Waals surface area contributed by atoms with E-state index < -0.39 is 23.7 Å². The molecule has 4 fully saturated rings. The molecule has 35 heavy (non-hydrogen) atoms. The summed E-state index contributed by atoms with van der Waals surface area (Å²) in [5.41, 5.74) is -1.02. The molecule has 0 aromatic carbocycles. The van der Waals surface area contributed by atoms with E-state index in [-0.39, 0.29) is 40.7 Å². The molecule has 3 saturated carbocycles. The molecule has 0 amide bonds. The van der Waals surface area contributed by atoms with Crippen molar-refractivity contribution < 1.29 is 29.1 Å². The zero-order valence-corrected chi connectivity index (χ0v) is 21.7. The Morgan fingerprint density at radius 2 is 2.11 bits per heavy atom. The summed E-state index contributed by atoms with van der Waals surface area (Å²) in [7, 11) is 0. The van der Waals surface area contributed by atoms with E-state index >= 15 is 0 Å². The van der Waals surface area contributed by atoms with Gasteiger partial charge in [-0.25, -0.2) is 0 Å². The fourth-order valence-electron chi connectivity index (χ4n) is 8.76. The van der Waals surface area contributed by atoms with Crippen molar-refractivity contribution in [2.24, 2.45) is 34.5 Å². The van der Waals surface area contributed by atoms with Gasteiger partial charge in [-0.2, -0.15) is 5.06 Å². The maximum Gasteiger partial charge on any atom is 0.192 e. The Labute approximate surface area is 213 Å². The van der Waals surface area contributed by atoms with Crippen LogP contribution in [-0.2, 0) is 21.0 Å². The predicted octanol–water partition coefficient (Wildman–Crippen LogP) is 3.59. The van der Waals surface area contributed by atoms with Crippen LogP contribution in [0.3, 0.4) is 0 Å². The van der Waals surface area contributed by atoms with Gasteiger partial charge in [0.1, 0.15) is 12.4 Å². The van der Waals surface area contributed by atoms with Crippen molar-refractivity contribution in [2.45, 2.75) is 57.8 Å². The van der Waals surface area contributed by atoms with Crippen molar-refractivity contribution in [2.75, 3.05) is 13.2 Å². The molecule has 5 aliphatic rings. The van der Waals surface area contributed by atoms with Crippen LogP contribution in [0.5, 0.6) is 0 Å². The van der Waals surface area contributed by atoms with Gasteiger partial charge in [-0.1, -0.05) is 25.5 Å². The molecule has 6 rings (SSSR count). The second-order valence-electron chi connectivity index (χ2n) is 11.6. The van der Waals surface area contributed by atoms with Crippen molar-refractivity contribution in [1.82, 2.24) is 5.06 Å². The molecule has 0 bridgehead atoms. The minimum absolute atomic E-state index is 0.0124. The lowest BCUT2D eigenvalue weighted by molar-refractivity contribution is -0.255. The van der Waals surface area contributed by atoms with Gasteiger partial charge >= 0.3 is 0 Å². The minimum atomic E-state index is -1.17. The van der Waals surface area contributed by atoms with E-state index in [2.05, 4.69) is 29.8 Å². The number of halogens is 1. The molecule has 1 aromatic rings. The lowest BCUT2D eigenvalue weighted by Gasteiger charge is -2.59. The first-order chi connectivity index (χ1) is 16.6. The standard InChI is InChI=1S/C27H32BrNO6/c1-25-8-7-17(31)9-15(25)3-5-19-20-10-16-12-29(13-18-4-6-23(28)34-18)35-27(16,22(33)14-30)26(20,2)11-21(32)24(19)25/h4,6-9,16,19-21,24,30,32H,3,5,10-14H2,1-2H3/t16-,19-,20-,21-,24+,25-,26-,27-/m0/s1. The van der Waals surface area contributed by atoms with Crippen LogP contribution in [0.25, 0.3) is 0 Å². The number of carbonyl (C=O) groups excluding carboxylic acids is 2. The number of allylic oxidation sites excluding steroid dienone is 4. The van der Waals surface area contributed by atoms with Crippen LogP contribution in [0.15, 0.2) is 45.0 Å². The number of fused-ring (bicyclic) bond motifs is 7. The number of hydrogen-bond donors (Lipinski definition) is 2. The van der Waals surface area contributed by atoms with E-state index in [1.807, 2.05) is 18.2 Å². The third-order valence-electron chi connectivity index (χ3n) is 10.1. The van der Waals surface area contributed by atoms with Crippen LogP contribution < -0.4 is 0 Å². The second-order valence-corrected chi connectivity index (χ2v) is 12.4. The molecule has 8 heteroatoms. The zero-order valence-electron chi connectivity index (χ0n) is 20.1. The monoisotopic (exact) mass is 545 g/mol. The highest BCUT2D eigenvalue weighted by Gasteiger charge is 2.75. The molecule has 1 aromatic heterocycles. The number of nitrogens with zero attached hydrogens (tertiary/aromatic N) is 1. The third kappa shape index (κ3) is 3.16. The van der Waals surface area contributed by atoms with E-state index in [9.17, 15) is 19.8 Å². The van der Waals surface area contributed by atoms with E-state index in [1.165, 1.54) is 0 Å². The molecule has 1 aliphatic heterocycles. The SMILES string of the molecule is C[C@]12C=CC(=O)C=C1CC[C@@H]1[C@@H]2[C@@H](O)C[C@@]2(C)[C@H]1C[C@H]1CN(Cc3ccc(Br)o3)O[C@]12C(=O)CO. The lowest BCUT2D eigenvalue weighted by Crippen LogP contribution is -2.63. The Morgan fingerprint density at radius 1 is 1.31 bits per heavy atom. The number of hydrogen-bond acceptors (Lipinski definition) is 7. The molecule has 0 unspecified atom stereocenters. The highest BCUT2D eigenvalue weighted by molar-refractivity contribution is 9.10. The van der Waals surface area contributed by atoms with Gasteiger partial charge in [0.25, 0.3) is 0 Å². The number of hydroxylamine groups is 2. The van der Waals surface area contributed by atoms with Gasteiger partial charge in [-0.05, 0) is 77.7 Å². The fourth-order valence-corrected chi connectivity index (χ4v) is 9.10. The molecule has 2 N–H and O–H groups in total. The molecular formula is C27H32BrNO6. The number of ketones is 2. The number of furan rings is 1. The highest BCUT2D eigenvalue weighted by Crippen LogP contribution is 2.70. The van der Waals surface area contributed by atoms with Crippen LogP contribution in [-0.4, -0.2) is 51.7 Å². The Hall–Kier alpha value is -1.58. The Morgan fingerprint density at radius 3 is 2.83 bits per heavy atom. The van der Waals surface area contributed by atoms with Gasteiger partial charge < -0.3 is 14.6 Å². The summed E-state index contributed by atoms with van der Waals surface area (Å²) in [4.78, 5) is 32.1. The van der Waals surface area contributed by atoms with Crippen LogP contribution in [0, 0.1) is 34.5 Å². The smallest absolute Gasteiger partial charge is 0.192 e. The van der Waals surface area contributed by atoms with E-state index in [0.29, 0.717) is 24.2 Å². The topological polar surface area (TPSA) is 100 Å². The average Bonchev–Trinajstić information content (AvgIpc) is 3.45.